The molecule has 0 aromatic carbocycles. The highest BCUT2D eigenvalue weighted by atomic mass is 32.1. The number of nitrogens with zero attached hydrogens (tertiary/aromatic N) is 2. The van der Waals surface area contributed by atoms with Crippen molar-refractivity contribution < 1.29 is 14.6 Å². The molecule has 0 saturated carbocycles. The Morgan fingerprint density at radius 3 is 2.79 bits per heavy atom. The van der Waals surface area contributed by atoms with Gasteiger partial charge in [-0.15, -0.1) is 5.10 Å². The van der Waals surface area contributed by atoms with E-state index in [0.717, 1.165) is 0 Å². The van der Waals surface area contributed by atoms with Crippen molar-refractivity contribution >= 4 is 17.5 Å². The van der Waals surface area contributed by atoms with Crippen LogP contribution in [0.1, 0.15) is 19.5 Å². The second-order valence-electron chi connectivity index (χ2n) is 3.44. The van der Waals surface area contributed by atoms with Gasteiger partial charge >= 0.3 is 5.97 Å². The monoisotopic (exact) mass is 216 g/mol. The SMILES string of the molecule is COC(=O)C(O)C(C)(C)c1csnn1. The summed E-state index contributed by atoms with van der Waals surface area (Å²) in [6.45, 7) is 3.43. The summed E-state index contributed by atoms with van der Waals surface area (Å²) in [6.07, 6.45) is -1.23. The van der Waals surface area contributed by atoms with Crippen LogP contribution in [0.3, 0.4) is 0 Å². The summed E-state index contributed by atoms with van der Waals surface area (Å²) in [7, 11) is 1.24. The van der Waals surface area contributed by atoms with Crippen LogP contribution in [0.25, 0.3) is 0 Å². The third kappa shape index (κ3) is 1.91. The van der Waals surface area contributed by atoms with Crippen molar-refractivity contribution in [2.75, 3.05) is 7.11 Å². The molecule has 0 saturated heterocycles. The van der Waals surface area contributed by atoms with Gasteiger partial charge in [0.15, 0.2) is 6.10 Å². The van der Waals surface area contributed by atoms with Crippen molar-refractivity contribution in [1.29, 1.82) is 0 Å². The fourth-order valence-electron chi connectivity index (χ4n) is 0.992. The topological polar surface area (TPSA) is 72.3 Å². The molecule has 14 heavy (non-hydrogen) atoms. The largest absolute Gasteiger partial charge is 0.467 e. The normalized spacial score (nSPS) is 13.7. The van der Waals surface area contributed by atoms with Gasteiger partial charge in [0.2, 0.25) is 0 Å². The molecular weight excluding hydrogens is 204 g/mol. The Kier molecular flexibility index (Phi) is 3.17. The maximum absolute atomic E-state index is 11.1. The van der Waals surface area contributed by atoms with Crippen molar-refractivity contribution in [2.45, 2.75) is 25.4 Å². The first-order valence-corrected chi connectivity index (χ1v) is 4.87. The third-order valence-electron chi connectivity index (χ3n) is 2.13. The lowest BCUT2D eigenvalue weighted by Gasteiger charge is -2.25. The minimum atomic E-state index is -1.23. The Labute approximate surface area is 85.9 Å². The van der Waals surface area contributed by atoms with Gasteiger partial charge in [-0.1, -0.05) is 18.3 Å². The molecule has 1 aromatic heterocycles. The zero-order valence-electron chi connectivity index (χ0n) is 8.22. The maximum atomic E-state index is 11.1. The number of aliphatic hydroxyl groups excluding tert-OH is 1. The fraction of sp³-hybridized carbons (Fsp3) is 0.625. The molecule has 0 spiro atoms. The first-order valence-electron chi connectivity index (χ1n) is 4.03. The van der Waals surface area contributed by atoms with Crippen molar-refractivity contribution in [3.63, 3.8) is 0 Å². The van der Waals surface area contributed by atoms with E-state index in [1.54, 1.807) is 19.2 Å². The molecule has 1 atom stereocenters. The summed E-state index contributed by atoms with van der Waals surface area (Å²) in [6, 6.07) is 0. The zero-order chi connectivity index (χ0) is 10.8. The van der Waals surface area contributed by atoms with Crippen molar-refractivity contribution in [3.8, 4) is 0 Å². The summed E-state index contributed by atoms with van der Waals surface area (Å²) in [5.74, 6) is -0.664. The highest BCUT2D eigenvalue weighted by Crippen LogP contribution is 2.26. The van der Waals surface area contributed by atoms with Crippen molar-refractivity contribution in [2.24, 2.45) is 0 Å². The number of hydrogen-bond acceptors (Lipinski definition) is 6. The second kappa shape index (κ2) is 4.02. The van der Waals surface area contributed by atoms with Gasteiger partial charge in [0.25, 0.3) is 0 Å². The maximum Gasteiger partial charge on any atom is 0.335 e. The van der Waals surface area contributed by atoms with Crippen LogP contribution in [0.15, 0.2) is 5.38 Å². The minimum absolute atomic E-state index is 0.584. The fourth-order valence-corrected chi connectivity index (χ4v) is 1.62. The van der Waals surface area contributed by atoms with Crippen LogP contribution in [-0.2, 0) is 14.9 Å². The first kappa shape index (κ1) is 11.1. The summed E-state index contributed by atoms with van der Waals surface area (Å²) >= 11 is 1.18. The molecule has 1 rings (SSSR count). The van der Waals surface area contributed by atoms with E-state index in [4.69, 9.17) is 0 Å². The van der Waals surface area contributed by atoms with Gasteiger partial charge in [-0.05, 0) is 11.5 Å². The Balaban J connectivity index is 2.90. The number of esters is 1. The predicted molar refractivity (Wildman–Crippen MR) is 51.0 cm³/mol. The molecule has 78 valence electrons. The average molecular weight is 216 g/mol. The molecule has 0 aliphatic carbocycles. The molecule has 0 radical (unpaired) electrons. The van der Waals surface area contributed by atoms with Gasteiger partial charge < -0.3 is 9.84 Å². The van der Waals surface area contributed by atoms with E-state index in [9.17, 15) is 9.90 Å². The van der Waals surface area contributed by atoms with Gasteiger partial charge in [-0.2, -0.15) is 0 Å². The number of methoxy groups -OCH3 is 1. The number of carbonyl (C=O) groups excluding carboxylic acids is 1. The van der Waals surface area contributed by atoms with Gasteiger partial charge in [-0.25, -0.2) is 4.79 Å². The second-order valence-corrected chi connectivity index (χ2v) is 4.05. The number of carbonyl (C=O) groups is 1. The molecular formula is C8H12N2O3S. The van der Waals surface area contributed by atoms with E-state index in [1.165, 1.54) is 18.6 Å². The van der Waals surface area contributed by atoms with Crippen LogP contribution in [-0.4, -0.2) is 33.9 Å². The van der Waals surface area contributed by atoms with Crippen LogP contribution in [0.4, 0.5) is 0 Å². The Hall–Kier alpha value is -1.01. The molecule has 0 amide bonds. The molecule has 5 nitrogen and oxygen atoms in total. The Morgan fingerprint density at radius 1 is 1.71 bits per heavy atom. The van der Waals surface area contributed by atoms with E-state index in [2.05, 4.69) is 14.3 Å². The summed E-state index contributed by atoms with van der Waals surface area (Å²) in [4.78, 5) is 11.1. The predicted octanol–water partition coefficient (Wildman–Crippen LogP) is 0.350. The molecule has 0 aliphatic heterocycles. The highest BCUT2D eigenvalue weighted by Gasteiger charge is 2.37. The van der Waals surface area contributed by atoms with E-state index < -0.39 is 17.5 Å². The Bertz CT molecular complexity index is 310. The lowest BCUT2D eigenvalue weighted by molar-refractivity contribution is -0.153. The van der Waals surface area contributed by atoms with Gasteiger partial charge in [0.1, 0.15) is 0 Å². The van der Waals surface area contributed by atoms with E-state index in [1.807, 2.05) is 0 Å². The van der Waals surface area contributed by atoms with E-state index >= 15 is 0 Å². The summed E-state index contributed by atoms with van der Waals surface area (Å²) in [5.41, 5.74) is -0.194. The quantitative estimate of drug-likeness (QED) is 0.738. The van der Waals surface area contributed by atoms with Crippen molar-refractivity contribution in [3.05, 3.63) is 11.1 Å². The molecule has 6 heteroatoms. The molecule has 0 fully saturated rings. The number of rotatable bonds is 3. The van der Waals surface area contributed by atoms with Crippen LogP contribution in [0.2, 0.25) is 0 Å². The molecule has 1 heterocycles. The van der Waals surface area contributed by atoms with Gasteiger partial charge in [-0.3, -0.25) is 0 Å². The zero-order valence-corrected chi connectivity index (χ0v) is 9.04. The standard InChI is InChI=1S/C8H12N2O3S/c1-8(2,5-4-14-10-9-5)6(11)7(12)13-3/h4,6,11H,1-3H3. The highest BCUT2D eigenvalue weighted by molar-refractivity contribution is 7.03. The summed E-state index contributed by atoms with van der Waals surface area (Å²) < 4.78 is 8.15. The average Bonchev–Trinajstić information content (AvgIpc) is 2.68. The Morgan fingerprint density at radius 2 is 2.36 bits per heavy atom. The first-order chi connectivity index (χ1) is 6.50. The smallest absolute Gasteiger partial charge is 0.335 e. The molecule has 1 N–H and O–H groups in total. The number of aliphatic hydroxyl groups is 1. The van der Waals surface area contributed by atoms with E-state index in [-0.39, 0.29) is 0 Å². The lowest BCUT2D eigenvalue weighted by Crippen LogP contribution is -2.40. The van der Waals surface area contributed by atoms with Gasteiger partial charge in [0, 0.05) is 10.8 Å². The van der Waals surface area contributed by atoms with Crippen LogP contribution in [0.5, 0.6) is 0 Å². The lowest BCUT2D eigenvalue weighted by atomic mass is 9.84. The van der Waals surface area contributed by atoms with Crippen LogP contribution < -0.4 is 0 Å². The van der Waals surface area contributed by atoms with Crippen LogP contribution in [0, 0.1) is 0 Å². The van der Waals surface area contributed by atoms with Crippen LogP contribution >= 0.6 is 11.5 Å². The number of hydrogen-bond donors (Lipinski definition) is 1. The molecule has 1 aromatic rings. The van der Waals surface area contributed by atoms with Gasteiger partial charge in [0.05, 0.1) is 12.8 Å². The summed E-state index contributed by atoms with van der Waals surface area (Å²) in [5, 5.41) is 15.2. The number of ether oxygens (including phenoxy) is 1. The third-order valence-corrected chi connectivity index (χ3v) is 2.63. The molecule has 0 aliphatic rings. The number of aromatic nitrogens is 2. The minimum Gasteiger partial charge on any atom is -0.467 e. The molecule has 0 bridgehead atoms. The van der Waals surface area contributed by atoms with E-state index in [0.29, 0.717) is 5.69 Å². The molecule has 1 unspecified atom stereocenters. The van der Waals surface area contributed by atoms with Crippen molar-refractivity contribution in [1.82, 2.24) is 9.59 Å².